The van der Waals surface area contributed by atoms with Crippen molar-refractivity contribution < 1.29 is 14.3 Å². The SMILES string of the molecule is CCOc1ccccc1C(=O)N1CC(Oc2ccc3ccccc3n2)C1. The molecule has 5 nitrogen and oxygen atoms in total. The number of aromatic nitrogens is 1. The van der Waals surface area contributed by atoms with E-state index in [1.807, 2.05) is 61.5 Å². The van der Waals surface area contributed by atoms with E-state index >= 15 is 0 Å². The molecular weight excluding hydrogens is 328 g/mol. The Morgan fingerprint density at radius 3 is 2.69 bits per heavy atom. The van der Waals surface area contributed by atoms with Gasteiger partial charge >= 0.3 is 0 Å². The number of ether oxygens (including phenoxy) is 2. The number of pyridine rings is 1. The lowest BCUT2D eigenvalue weighted by molar-refractivity contribution is 0.0159. The van der Waals surface area contributed by atoms with Crippen LogP contribution in [0.5, 0.6) is 11.6 Å². The molecule has 2 aromatic carbocycles. The van der Waals surface area contributed by atoms with Gasteiger partial charge in [0, 0.05) is 11.5 Å². The lowest BCUT2D eigenvalue weighted by atomic mass is 10.1. The average molecular weight is 348 g/mol. The highest BCUT2D eigenvalue weighted by molar-refractivity contribution is 5.97. The Hall–Kier alpha value is -3.08. The lowest BCUT2D eigenvalue weighted by Gasteiger charge is -2.38. The summed E-state index contributed by atoms with van der Waals surface area (Å²) in [7, 11) is 0. The van der Waals surface area contributed by atoms with Gasteiger partial charge < -0.3 is 14.4 Å². The predicted molar refractivity (Wildman–Crippen MR) is 99.7 cm³/mol. The first-order valence-electron chi connectivity index (χ1n) is 8.78. The first-order valence-corrected chi connectivity index (χ1v) is 8.78. The van der Waals surface area contributed by atoms with E-state index in [9.17, 15) is 4.79 Å². The predicted octanol–water partition coefficient (Wildman–Crippen LogP) is 3.54. The van der Waals surface area contributed by atoms with Gasteiger partial charge in [-0.3, -0.25) is 4.79 Å². The molecule has 0 unspecified atom stereocenters. The molecule has 0 N–H and O–H groups in total. The monoisotopic (exact) mass is 348 g/mol. The van der Waals surface area contributed by atoms with E-state index < -0.39 is 0 Å². The number of benzene rings is 2. The smallest absolute Gasteiger partial charge is 0.257 e. The van der Waals surface area contributed by atoms with Gasteiger partial charge in [0.25, 0.3) is 5.91 Å². The van der Waals surface area contributed by atoms with Gasteiger partial charge in [-0.1, -0.05) is 30.3 Å². The number of nitrogens with zero attached hydrogens (tertiary/aromatic N) is 2. The molecular formula is C21H20N2O3. The highest BCUT2D eigenvalue weighted by atomic mass is 16.5. The van der Waals surface area contributed by atoms with Crippen LogP contribution in [0, 0.1) is 0 Å². The minimum atomic E-state index is -0.0353. The quantitative estimate of drug-likeness (QED) is 0.708. The fraction of sp³-hybridized carbons (Fsp3) is 0.238. The van der Waals surface area contributed by atoms with Crippen LogP contribution in [0.4, 0.5) is 0 Å². The van der Waals surface area contributed by atoms with Crippen molar-refractivity contribution in [2.75, 3.05) is 19.7 Å². The molecule has 1 amide bonds. The molecule has 1 aliphatic rings. The van der Waals surface area contributed by atoms with Gasteiger partial charge in [0.1, 0.15) is 11.9 Å². The molecule has 0 radical (unpaired) electrons. The summed E-state index contributed by atoms with van der Waals surface area (Å²) in [5, 5.41) is 1.08. The second kappa shape index (κ2) is 7.04. The van der Waals surface area contributed by atoms with Crippen LogP contribution in [0.2, 0.25) is 0 Å². The molecule has 4 rings (SSSR count). The fourth-order valence-electron chi connectivity index (χ4n) is 3.06. The molecule has 0 spiro atoms. The number of fused-ring (bicyclic) bond motifs is 1. The summed E-state index contributed by atoms with van der Waals surface area (Å²) in [4.78, 5) is 19.0. The van der Waals surface area contributed by atoms with E-state index in [1.165, 1.54) is 0 Å². The molecule has 1 aliphatic heterocycles. The molecule has 1 aromatic heterocycles. The van der Waals surface area contributed by atoms with Gasteiger partial charge in [-0.2, -0.15) is 0 Å². The van der Waals surface area contributed by atoms with Crippen molar-refractivity contribution in [3.63, 3.8) is 0 Å². The maximum Gasteiger partial charge on any atom is 0.257 e. The summed E-state index contributed by atoms with van der Waals surface area (Å²) in [5.74, 6) is 1.19. The van der Waals surface area contributed by atoms with Gasteiger partial charge in [-0.15, -0.1) is 0 Å². The van der Waals surface area contributed by atoms with E-state index in [0.29, 0.717) is 36.9 Å². The van der Waals surface area contributed by atoms with Crippen molar-refractivity contribution in [2.24, 2.45) is 0 Å². The van der Waals surface area contributed by atoms with Crippen LogP contribution in [0.25, 0.3) is 10.9 Å². The van der Waals surface area contributed by atoms with Crippen LogP contribution in [0.3, 0.4) is 0 Å². The Labute approximate surface area is 152 Å². The van der Waals surface area contributed by atoms with E-state index in [-0.39, 0.29) is 12.0 Å². The second-order valence-corrected chi connectivity index (χ2v) is 6.22. The minimum absolute atomic E-state index is 0.0274. The van der Waals surface area contributed by atoms with Crippen molar-refractivity contribution in [2.45, 2.75) is 13.0 Å². The lowest BCUT2D eigenvalue weighted by Crippen LogP contribution is -2.56. The molecule has 132 valence electrons. The summed E-state index contributed by atoms with van der Waals surface area (Å²) < 4.78 is 11.5. The maximum atomic E-state index is 12.7. The van der Waals surface area contributed by atoms with Crippen molar-refractivity contribution >= 4 is 16.8 Å². The second-order valence-electron chi connectivity index (χ2n) is 6.22. The van der Waals surface area contributed by atoms with E-state index in [4.69, 9.17) is 9.47 Å². The summed E-state index contributed by atoms with van der Waals surface area (Å²) in [6.07, 6.45) is -0.0353. The number of carbonyl (C=O) groups is 1. The normalized spacial score (nSPS) is 14.1. The highest BCUT2D eigenvalue weighted by Gasteiger charge is 2.34. The fourth-order valence-corrected chi connectivity index (χ4v) is 3.06. The number of hydrogen-bond acceptors (Lipinski definition) is 4. The van der Waals surface area contributed by atoms with Gasteiger partial charge in [0.2, 0.25) is 5.88 Å². The third-order valence-corrected chi connectivity index (χ3v) is 4.41. The Bertz CT molecular complexity index is 935. The summed E-state index contributed by atoms with van der Waals surface area (Å²) in [5.41, 5.74) is 1.50. The largest absolute Gasteiger partial charge is 0.493 e. The average Bonchev–Trinajstić information content (AvgIpc) is 2.64. The molecule has 5 heteroatoms. The maximum absolute atomic E-state index is 12.7. The minimum Gasteiger partial charge on any atom is -0.493 e. The molecule has 0 aliphatic carbocycles. The number of para-hydroxylation sites is 2. The summed E-state index contributed by atoms with van der Waals surface area (Å²) in [6.45, 7) is 3.54. The van der Waals surface area contributed by atoms with Crippen LogP contribution < -0.4 is 9.47 Å². The van der Waals surface area contributed by atoms with Gasteiger partial charge in [0.05, 0.1) is 30.8 Å². The first kappa shape index (κ1) is 16.4. The molecule has 0 atom stereocenters. The van der Waals surface area contributed by atoms with Gasteiger partial charge in [-0.25, -0.2) is 4.98 Å². The Morgan fingerprint density at radius 1 is 1.08 bits per heavy atom. The molecule has 2 heterocycles. The summed E-state index contributed by atoms with van der Waals surface area (Å²) in [6, 6.07) is 19.1. The molecule has 0 saturated carbocycles. The van der Waals surface area contributed by atoms with Crippen LogP contribution in [-0.2, 0) is 0 Å². The van der Waals surface area contributed by atoms with Crippen molar-refractivity contribution in [1.82, 2.24) is 9.88 Å². The number of hydrogen-bond donors (Lipinski definition) is 0. The molecule has 1 saturated heterocycles. The van der Waals surface area contributed by atoms with Crippen molar-refractivity contribution in [3.8, 4) is 11.6 Å². The van der Waals surface area contributed by atoms with Crippen LogP contribution in [0.15, 0.2) is 60.7 Å². The van der Waals surface area contributed by atoms with Crippen LogP contribution in [0.1, 0.15) is 17.3 Å². The molecule has 0 bridgehead atoms. The summed E-state index contributed by atoms with van der Waals surface area (Å²) >= 11 is 0. The Morgan fingerprint density at radius 2 is 1.85 bits per heavy atom. The number of rotatable bonds is 5. The first-order chi connectivity index (χ1) is 12.7. The van der Waals surface area contributed by atoms with Crippen molar-refractivity contribution in [3.05, 3.63) is 66.2 Å². The van der Waals surface area contributed by atoms with E-state index in [2.05, 4.69) is 4.98 Å². The zero-order chi connectivity index (χ0) is 17.9. The van der Waals surface area contributed by atoms with Gasteiger partial charge in [-0.05, 0) is 31.2 Å². The zero-order valence-electron chi connectivity index (χ0n) is 14.6. The number of carbonyl (C=O) groups excluding carboxylic acids is 1. The van der Waals surface area contributed by atoms with Crippen molar-refractivity contribution in [1.29, 1.82) is 0 Å². The zero-order valence-corrected chi connectivity index (χ0v) is 14.6. The Balaban J connectivity index is 1.39. The Kier molecular flexibility index (Phi) is 4.44. The van der Waals surface area contributed by atoms with Crippen LogP contribution >= 0.6 is 0 Å². The molecule has 26 heavy (non-hydrogen) atoms. The molecule has 3 aromatic rings. The van der Waals surface area contributed by atoms with Crippen LogP contribution in [-0.4, -0.2) is 41.6 Å². The third kappa shape index (κ3) is 3.20. The standard InChI is InChI=1S/C21H20N2O3/c1-2-25-19-10-6-4-8-17(19)21(24)23-13-16(14-23)26-20-12-11-15-7-3-5-9-18(15)22-20/h3-12,16H,2,13-14H2,1H3. The third-order valence-electron chi connectivity index (χ3n) is 4.41. The highest BCUT2D eigenvalue weighted by Crippen LogP contribution is 2.24. The van der Waals surface area contributed by atoms with Gasteiger partial charge in [0.15, 0.2) is 0 Å². The van der Waals surface area contributed by atoms with E-state index in [0.717, 1.165) is 10.9 Å². The van der Waals surface area contributed by atoms with E-state index in [1.54, 1.807) is 11.0 Å². The molecule has 1 fully saturated rings. The number of likely N-dealkylation sites (tertiary alicyclic amines) is 1. The number of amides is 1. The topological polar surface area (TPSA) is 51.7 Å².